The summed E-state index contributed by atoms with van der Waals surface area (Å²) in [7, 11) is 0. The van der Waals surface area contributed by atoms with Gasteiger partial charge in [-0.3, -0.25) is 0 Å². The summed E-state index contributed by atoms with van der Waals surface area (Å²) in [6.45, 7) is 3.21. The van der Waals surface area contributed by atoms with Crippen molar-refractivity contribution in [3.05, 3.63) is 19.8 Å². The van der Waals surface area contributed by atoms with E-state index >= 15 is 0 Å². The average molecular weight is 351 g/mol. The minimum absolute atomic E-state index is 0.488. The van der Waals surface area contributed by atoms with Crippen LogP contribution in [0.25, 0.3) is 0 Å². The van der Waals surface area contributed by atoms with Crippen molar-refractivity contribution < 1.29 is 0 Å². The zero-order valence-corrected chi connectivity index (χ0v) is 14.0. The van der Waals surface area contributed by atoms with E-state index < -0.39 is 0 Å². The van der Waals surface area contributed by atoms with Crippen molar-refractivity contribution in [3.8, 4) is 0 Å². The summed E-state index contributed by atoms with van der Waals surface area (Å²) in [4.78, 5) is 1.39. The molecule has 0 amide bonds. The van der Waals surface area contributed by atoms with Crippen molar-refractivity contribution in [2.75, 3.05) is 6.54 Å². The van der Waals surface area contributed by atoms with Gasteiger partial charge in [-0.05, 0) is 47.3 Å². The Hall–Kier alpha value is 0.430. The molecule has 102 valence electrons. The van der Waals surface area contributed by atoms with Crippen LogP contribution in [0.2, 0.25) is 5.02 Å². The molecule has 2 rings (SSSR count). The number of rotatable bonds is 4. The van der Waals surface area contributed by atoms with Gasteiger partial charge in [0.25, 0.3) is 0 Å². The van der Waals surface area contributed by atoms with Crippen LogP contribution in [0.15, 0.2) is 9.85 Å². The number of halogens is 2. The summed E-state index contributed by atoms with van der Waals surface area (Å²) in [6, 6.07) is 2.62. The monoisotopic (exact) mass is 349 g/mol. The average Bonchev–Trinajstić information content (AvgIpc) is 2.60. The Morgan fingerprint density at radius 1 is 1.39 bits per heavy atom. The lowest BCUT2D eigenvalue weighted by atomic mass is 9.91. The Morgan fingerprint density at radius 2 is 2.06 bits per heavy atom. The molecule has 18 heavy (non-hydrogen) atoms. The fourth-order valence-electron chi connectivity index (χ4n) is 2.88. The molecule has 0 radical (unpaired) electrons. The summed E-state index contributed by atoms with van der Waals surface area (Å²) in [6.07, 6.45) is 8.28. The normalized spacial score (nSPS) is 19.7. The predicted octanol–water partition coefficient (Wildman–Crippen LogP) is 5.79. The van der Waals surface area contributed by atoms with Gasteiger partial charge in [0.15, 0.2) is 0 Å². The molecule has 1 aliphatic carbocycles. The number of nitrogens with one attached hydrogen (secondary N) is 1. The molecule has 1 aromatic rings. The zero-order chi connectivity index (χ0) is 13.0. The van der Waals surface area contributed by atoms with Gasteiger partial charge in [-0.25, -0.2) is 0 Å². The van der Waals surface area contributed by atoms with Crippen molar-refractivity contribution in [1.82, 2.24) is 5.32 Å². The first-order chi connectivity index (χ1) is 8.72. The van der Waals surface area contributed by atoms with Gasteiger partial charge in [0.1, 0.15) is 0 Å². The highest BCUT2D eigenvalue weighted by Crippen LogP contribution is 2.40. The molecular formula is C14H21BrClNS. The van der Waals surface area contributed by atoms with Crippen molar-refractivity contribution in [2.45, 2.75) is 51.5 Å². The molecule has 0 saturated heterocycles. The van der Waals surface area contributed by atoms with Crippen LogP contribution in [0, 0.1) is 5.92 Å². The van der Waals surface area contributed by atoms with E-state index in [4.69, 9.17) is 11.6 Å². The van der Waals surface area contributed by atoms with Crippen LogP contribution in [0.1, 0.15) is 56.4 Å². The van der Waals surface area contributed by atoms with Crippen LogP contribution in [0.5, 0.6) is 0 Å². The van der Waals surface area contributed by atoms with Crippen LogP contribution in [0.3, 0.4) is 0 Å². The van der Waals surface area contributed by atoms with Gasteiger partial charge >= 0.3 is 0 Å². The van der Waals surface area contributed by atoms with Crippen LogP contribution >= 0.6 is 38.9 Å². The predicted molar refractivity (Wildman–Crippen MR) is 84.6 cm³/mol. The number of hydrogen-bond acceptors (Lipinski definition) is 2. The summed E-state index contributed by atoms with van der Waals surface area (Å²) in [5.74, 6) is 0.772. The van der Waals surface area contributed by atoms with E-state index in [-0.39, 0.29) is 0 Å². The summed E-state index contributed by atoms with van der Waals surface area (Å²) < 4.78 is 1.07. The van der Waals surface area contributed by atoms with Gasteiger partial charge in [0, 0.05) is 10.9 Å². The van der Waals surface area contributed by atoms with Gasteiger partial charge < -0.3 is 5.32 Å². The Morgan fingerprint density at radius 3 is 2.56 bits per heavy atom. The van der Waals surface area contributed by atoms with Crippen LogP contribution < -0.4 is 5.32 Å². The van der Waals surface area contributed by atoms with Crippen molar-refractivity contribution >= 4 is 38.9 Å². The SMILES string of the molecule is CCNC(c1cc(Cl)c(Br)s1)C1CCCCCC1. The molecule has 1 aromatic heterocycles. The first kappa shape index (κ1) is 14.8. The maximum Gasteiger partial charge on any atom is 0.0887 e. The molecule has 0 spiro atoms. The topological polar surface area (TPSA) is 12.0 Å². The maximum absolute atomic E-state index is 6.18. The van der Waals surface area contributed by atoms with Gasteiger partial charge in [0.2, 0.25) is 0 Å². The van der Waals surface area contributed by atoms with E-state index in [9.17, 15) is 0 Å². The first-order valence-electron chi connectivity index (χ1n) is 6.90. The Kier molecular flexibility index (Phi) is 5.99. The van der Waals surface area contributed by atoms with Gasteiger partial charge in [-0.15, -0.1) is 11.3 Å². The zero-order valence-electron chi connectivity index (χ0n) is 10.8. The second kappa shape index (κ2) is 7.28. The summed E-state index contributed by atoms with van der Waals surface area (Å²) in [5, 5.41) is 4.52. The molecule has 4 heteroatoms. The third-order valence-corrected chi connectivity index (χ3v) is 6.32. The molecule has 1 unspecified atom stereocenters. The lowest BCUT2D eigenvalue weighted by Crippen LogP contribution is -2.27. The van der Waals surface area contributed by atoms with E-state index in [1.54, 1.807) is 11.3 Å². The van der Waals surface area contributed by atoms with E-state index in [0.29, 0.717) is 6.04 Å². The highest BCUT2D eigenvalue weighted by Gasteiger charge is 2.25. The molecule has 1 atom stereocenters. The van der Waals surface area contributed by atoms with Gasteiger partial charge in [-0.2, -0.15) is 0 Å². The highest BCUT2D eigenvalue weighted by molar-refractivity contribution is 9.11. The van der Waals surface area contributed by atoms with E-state index in [2.05, 4.69) is 34.2 Å². The molecule has 1 aliphatic rings. The molecule has 0 aromatic carbocycles. The first-order valence-corrected chi connectivity index (χ1v) is 8.89. The van der Waals surface area contributed by atoms with Gasteiger partial charge in [-0.1, -0.05) is 44.2 Å². The van der Waals surface area contributed by atoms with E-state index in [0.717, 1.165) is 21.3 Å². The molecule has 0 aliphatic heterocycles. The van der Waals surface area contributed by atoms with Crippen molar-refractivity contribution in [3.63, 3.8) is 0 Å². The Bertz CT molecular complexity index is 352. The highest BCUT2D eigenvalue weighted by atomic mass is 79.9. The smallest absolute Gasteiger partial charge is 0.0887 e. The molecular weight excluding hydrogens is 330 g/mol. The number of thiophene rings is 1. The number of hydrogen-bond donors (Lipinski definition) is 1. The Balaban J connectivity index is 2.15. The molecule has 1 fully saturated rings. The Labute approximate surface area is 127 Å². The second-order valence-corrected chi connectivity index (χ2v) is 7.87. The lowest BCUT2D eigenvalue weighted by Gasteiger charge is -2.26. The fraction of sp³-hybridized carbons (Fsp3) is 0.714. The van der Waals surface area contributed by atoms with Crippen LogP contribution in [-0.4, -0.2) is 6.54 Å². The summed E-state index contributed by atoms with van der Waals surface area (Å²) in [5.41, 5.74) is 0. The molecule has 1 saturated carbocycles. The minimum Gasteiger partial charge on any atom is -0.309 e. The molecule has 1 N–H and O–H groups in total. The molecule has 1 nitrogen and oxygen atoms in total. The van der Waals surface area contributed by atoms with Gasteiger partial charge in [0.05, 0.1) is 8.81 Å². The van der Waals surface area contributed by atoms with Crippen LogP contribution in [-0.2, 0) is 0 Å². The third-order valence-electron chi connectivity index (χ3n) is 3.77. The van der Waals surface area contributed by atoms with Crippen LogP contribution in [0.4, 0.5) is 0 Å². The minimum atomic E-state index is 0.488. The second-order valence-electron chi connectivity index (χ2n) is 5.06. The summed E-state index contributed by atoms with van der Waals surface area (Å²) >= 11 is 11.5. The largest absolute Gasteiger partial charge is 0.309 e. The molecule has 0 bridgehead atoms. The van der Waals surface area contributed by atoms with Crippen molar-refractivity contribution in [1.29, 1.82) is 0 Å². The standard InChI is InChI=1S/C14H21BrClNS/c1-2-17-13(10-7-5-3-4-6-8-10)12-9-11(16)14(15)18-12/h9-10,13,17H,2-8H2,1H3. The quantitative estimate of drug-likeness (QED) is 0.678. The fourth-order valence-corrected chi connectivity index (χ4v) is 4.80. The van der Waals surface area contributed by atoms with Crippen molar-refractivity contribution in [2.24, 2.45) is 5.92 Å². The van der Waals surface area contributed by atoms with E-state index in [1.165, 1.54) is 43.4 Å². The third kappa shape index (κ3) is 3.72. The lowest BCUT2D eigenvalue weighted by molar-refractivity contribution is 0.334. The molecule has 1 heterocycles. The maximum atomic E-state index is 6.18. The van der Waals surface area contributed by atoms with E-state index in [1.807, 2.05) is 0 Å².